The highest BCUT2D eigenvalue weighted by atomic mass is 32.2. The van der Waals surface area contributed by atoms with Crippen LogP contribution in [0.1, 0.15) is 45.1 Å². The van der Waals surface area contributed by atoms with Crippen LogP contribution in [0.15, 0.2) is 58.5 Å². The molecule has 1 aliphatic carbocycles. The fraction of sp³-hybridized carbons (Fsp3) is 0.360. The van der Waals surface area contributed by atoms with Gasteiger partial charge in [0.15, 0.2) is 5.16 Å². The van der Waals surface area contributed by atoms with E-state index in [4.69, 9.17) is 4.98 Å². The lowest BCUT2D eigenvalue weighted by molar-refractivity contribution is -0.119. The van der Waals surface area contributed by atoms with E-state index in [1.54, 1.807) is 23.6 Å². The highest BCUT2D eigenvalue weighted by molar-refractivity contribution is 7.99. The number of aromatic nitrogens is 2. The average molecular weight is 447 g/mol. The lowest BCUT2D eigenvalue weighted by Gasteiger charge is -2.23. The second-order valence-electron chi connectivity index (χ2n) is 8.69. The minimum atomic E-state index is -0.849. The quantitative estimate of drug-likeness (QED) is 0.429. The first-order valence-electron chi connectivity index (χ1n) is 10.8. The maximum Gasteiger partial charge on any atom is 0.266 e. The Morgan fingerprint density at radius 1 is 1.25 bits per heavy atom. The van der Waals surface area contributed by atoms with Gasteiger partial charge in [-0.1, -0.05) is 55.9 Å². The largest absolute Gasteiger partial charge is 0.337 e. The van der Waals surface area contributed by atoms with Crippen LogP contribution in [0.4, 0.5) is 0 Å². The van der Waals surface area contributed by atoms with Crippen molar-refractivity contribution in [1.82, 2.24) is 14.9 Å². The summed E-state index contributed by atoms with van der Waals surface area (Å²) in [6.07, 6.45) is 1.91. The predicted octanol–water partition coefficient (Wildman–Crippen LogP) is 4.41. The van der Waals surface area contributed by atoms with Crippen molar-refractivity contribution in [2.45, 2.75) is 50.2 Å². The topological polar surface area (TPSA) is 87.8 Å². The Bertz CT molecular complexity index is 1270. The molecule has 1 aromatic heterocycles. The Morgan fingerprint density at radius 3 is 2.62 bits per heavy atom. The molecule has 1 unspecified atom stereocenters. The number of para-hydroxylation sites is 2. The number of hydrogen-bond acceptors (Lipinski definition) is 5. The lowest BCUT2D eigenvalue weighted by Crippen LogP contribution is -2.47. The van der Waals surface area contributed by atoms with Crippen molar-refractivity contribution in [3.63, 3.8) is 0 Å². The molecule has 1 aliphatic rings. The Morgan fingerprint density at radius 2 is 1.94 bits per heavy atom. The van der Waals surface area contributed by atoms with Crippen molar-refractivity contribution in [2.24, 2.45) is 5.92 Å². The summed E-state index contributed by atoms with van der Waals surface area (Å²) in [5.41, 5.74) is 1.39. The summed E-state index contributed by atoms with van der Waals surface area (Å²) in [7, 11) is 0. The van der Waals surface area contributed by atoms with Crippen LogP contribution in [0.5, 0.6) is 0 Å². The monoisotopic (exact) mass is 446 g/mol. The third-order valence-corrected chi connectivity index (χ3v) is 6.84. The van der Waals surface area contributed by atoms with Gasteiger partial charge >= 0.3 is 0 Å². The molecule has 0 radical (unpaired) electrons. The van der Waals surface area contributed by atoms with E-state index in [0.29, 0.717) is 16.1 Å². The van der Waals surface area contributed by atoms with Crippen LogP contribution in [0.3, 0.4) is 0 Å². The van der Waals surface area contributed by atoms with Gasteiger partial charge in [0.2, 0.25) is 5.91 Å². The SMILES string of the molecule is CC(C)c1ccccc1-n1c(SCC(=O)NC(C)(C#N)C2CC2)nc2ccccc2c1=O. The van der Waals surface area contributed by atoms with Crippen LogP contribution in [-0.4, -0.2) is 26.8 Å². The molecule has 32 heavy (non-hydrogen) atoms. The van der Waals surface area contributed by atoms with Gasteiger partial charge < -0.3 is 5.32 Å². The molecule has 7 heteroatoms. The van der Waals surface area contributed by atoms with E-state index in [-0.39, 0.29) is 29.1 Å². The van der Waals surface area contributed by atoms with Gasteiger partial charge in [-0.05, 0) is 55.4 Å². The summed E-state index contributed by atoms with van der Waals surface area (Å²) >= 11 is 1.21. The van der Waals surface area contributed by atoms with Crippen molar-refractivity contribution in [1.29, 1.82) is 5.26 Å². The zero-order valence-electron chi connectivity index (χ0n) is 18.5. The third kappa shape index (κ3) is 4.28. The number of nitriles is 1. The minimum Gasteiger partial charge on any atom is -0.337 e. The number of benzene rings is 2. The fourth-order valence-corrected chi connectivity index (χ4v) is 4.74. The maximum atomic E-state index is 13.5. The molecule has 2 aromatic carbocycles. The number of nitrogens with one attached hydrogen (secondary N) is 1. The zero-order valence-corrected chi connectivity index (χ0v) is 19.3. The van der Waals surface area contributed by atoms with Crippen LogP contribution in [0.2, 0.25) is 0 Å². The highest BCUT2D eigenvalue weighted by Gasteiger charge is 2.43. The molecule has 1 fully saturated rings. The van der Waals surface area contributed by atoms with E-state index < -0.39 is 5.54 Å². The summed E-state index contributed by atoms with van der Waals surface area (Å²) in [5, 5.41) is 13.4. The molecule has 1 amide bonds. The number of nitrogens with zero attached hydrogens (tertiary/aromatic N) is 3. The second kappa shape index (κ2) is 8.79. The van der Waals surface area contributed by atoms with E-state index in [1.165, 1.54) is 11.8 Å². The van der Waals surface area contributed by atoms with Gasteiger partial charge in [0, 0.05) is 0 Å². The normalized spacial score (nSPS) is 15.3. The number of hydrogen-bond donors (Lipinski definition) is 1. The maximum absolute atomic E-state index is 13.5. The first-order chi connectivity index (χ1) is 15.3. The fourth-order valence-electron chi connectivity index (χ4n) is 3.94. The standard InChI is InChI=1S/C25H26N4O2S/c1-16(2)18-8-5-7-11-21(18)29-23(31)19-9-4-6-10-20(19)27-24(29)32-14-22(30)28-25(3,15-26)17-12-13-17/h4-11,16-17H,12-14H2,1-3H3,(H,28,30). The molecule has 0 saturated heterocycles. The van der Waals surface area contributed by atoms with Gasteiger partial charge in [-0.25, -0.2) is 4.98 Å². The predicted molar refractivity (Wildman–Crippen MR) is 127 cm³/mol. The van der Waals surface area contributed by atoms with Crippen LogP contribution in [-0.2, 0) is 4.79 Å². The summed E-state index contributed by atoms with van der Waals surface area (Å²) in [5.74, 6) is 0.243. The number of amides is 1. The zero-order chi connectivity index (χ0) is 22.9. The van der Waals surface area contributed by atoms with Crippen LogP contribution >= 0.6 is 11.8 Å². The summed E-state index contributed by atoms with van der Waals surface area (Å²) in [6.45, 7) is 5.94. The number of thioether (sulfide) groups is 1. The van der Waals surface area contributed by atoms with E-state index in [9.17, 15) is 14.9 Å². The molecule has 1 saturated carbocycles. The van der Waals surface area contributed by atoms with E-state index in [0.717, 1.165) is 24.1 Å². The van der Waals surface area contributed by atoms with Crippen molar-refractivity contribution < 1.29 is 4.79 Å². The van der Waals surface area contributed by atoms with E-state index in [1.807, 2.05) is 36.4 Å². The van der Waals surface area contributed by atoms with Crippen LogP contribution < -0.4 is 10.9 Å². The molecule has 3 aromatic rings. The molecule has 164 valence electrons. The second-order valence-corrected chi connectivity index (χ2v) is 9.63. The highest BCUT2D eigenvalue weighted by Crippen LogP contribution is 2.39. The van der Waals surface area contributed by atoms with Gasteiger partial charge in [-0.3, -0.25) is 14.2 Å². The van der Waals surface area contributed by atoms with Crippen molar-refractivity contribution in [3.05, 3.63) is 64.4 Å². The van der Waals surface area contributed by atoms with Gasteiger partial charge in [0.25, 0.3) is 5.56 Å². The lowest BCUT2D eigenvalue weighted by atomic mass is 9.98. The first-order valence-corrected chi connectivity index (χ1v) is 11.8. The van der Waals surface area contributed by atoms with Gasteiger partial charge in [-0.15, -0.1) is 0 Å². The number of carbonyl (C=O) groups excluding carboxylic acids is 1. The van der Waals surface area contributed by atoms with E-state index in [2.05, 4.69) is 25.2 Å². The number of carbonyl (C=O) groups is 1. The van der Waals surface area contributed by atoms with Crippen molar-refractivity contribution in [3.8, 4) is 11.8 Å². The van der Waals surface area contributed by atoms with Gasteiger partial charge in [0.05, 0.1) is 28.4 Å². The summed E-state index contributed by atoms with van der Waals surface area (Å²) < 4.78 is 1.61. The number of fused-ring (bicyclic) bond motifs is 1. The Labute approximate surface area is 191 Å². The minimum absolute atomic E-state index is 0.0681. The molecule has 4 rings (SSSR count). The molecule has 1 atom stereocenters. The third-order valence-electron chi connectivity index (χ3n) is 5.90. The molecule has 0 spiro atoms. The molecule has 6 nitrogen and oxygen atoms in total. The Balaban J connectivity index is 1.73. The van der Waals surface area contributed by atoms with Gasteiger partial charge in [0.1, 0.15) is 5.54 Å². The van der Waals surface area contributed by atoms with Gasteiger partial charge in [-0.2, -0.15) is 5.26 Å². The molecule has 1 N–H and O–H groups in total. The molecular formula is C25H26N4O2S. The van der Waals surface area contributed by atoms with Crippen LogP contribution in [0, 0.1) is 17.2 Å². The first kappa shape index (κ1) is 22.1. The van der Waals surface area contributed by atoms with Crippen molar-refractivity contribution >= 4 is 28.6 Å². The molecule has 0 bridgehead atoms. The molecular weight excluding hydrogens is 420 g/mol. The number of rotatable bonds is 7. The van der Waals surface area contributed by atoms with Crippen molar-refractivity contribution in [2.75, 3.05) is 5.75 Å². The Hall–Kier alpha value is -3.11. The smallest absolute Gasteiger partial charge is 0.266 e. The molecule has 1 heterocycles. The summed E-state index contributed by atoms with van der Waals surface area (Å²) in [4.78, 5) is 30.9. The summed E-state index contributed by atoms with van der Waals surface area (Å²) in [6, 6.07) is 17.3. The molecule has 0 aliphatic heterocycles. The Kier molecular flexibility index (Phi) is 6.07. The van der Waals surface area contributed by atoms with E-state index >= 15 is 0 Å². The average Bonchev–Trinajstić information content (AvgIpc) is 3.64. The van der Waals surface area contributed by atoms with Crippen LogP contribution in [0.25, 0.3) is 16.6 Å².